The second-order valence-electron chi connectivity index (χ2n) is 8.24. The molecule has 10 heteroatoms. The van der Waals surface area contributed by atoms with Crippen LogP contribution in [0.4, 0.5) is 26.3 Å². The van der Waals surface area contributed by atoms with Crippen LogP contribution in [-0.2, 0) is 6.42 Å². The van der Waals surface area contributed by atoms with E-state index in [1.54, 1.807) is 12.1 Å². The van der Waals surface area contributed by atoms with Gasteiger partial charge in [0.15, 0.2) is 6.10 Å². The zero-order chi connectivity index (χ0) is 24.1. The van der Waals surface area contributed by atoms with Gasteiger partial charge in [-0.1, -0.05) is 30.3 Å². The topological polar surface area (TPSA) is 50.7 Å². The molecule has 1 aliphatic carbocycles. The summed E-state index contributed by atoms with van der Waals surface area (Å²) in [5.41, 5.74) is -0.213. The van der Waals surface area contributed by atoms with E-state index in [-0.39, 0.29) is 18.3 Å². The van der Waals surface area contributed by atoms with E-state index in [1.807, 2.05) is 18.2 Å². The van der Waals surface area contributed by atoms with Crippen molar-refractivity contribution in [3.63, 3.8) is 0 Å². The normalized spacial score (nSPS) is 22.6. The van der Waals surface area contributed by atoms with Crippen molar-refractivity contribution < 1.29 is 40.9 Å². The highest BCUT2D eigenvalue weighted by molar-refractivity contribution is 5.29. The molecule has 0 aliphatic heterocycles. The molecule has 2 N–H and O–H groups in total. The standard InChI is InChI=1S/C23H25F6NO3/c24-22(25,26)20(31)15-30-21(13-16-8-10-18(11-9-16)33-23(27,28)29)12-4-7-19(14-21)32-17-5-2-1-3-6-17/h1-3,5-6,8-11,19-20,30-31H,4,7,12-15H2. The van der Waals surface area contributed by atoms with Crippen molar-refractivity contribution >= 4 is 0 Å². The number of rotatable bonds is 8. The summed E-state index contributed by atoms with van der Waals surface area (Å²) in [7, 11) is 0. The van der Waals surface area contributed by atoms with Gasteiger partial charge in [-0.3, -0.25) is 0 Å². The summed E-state index contributed by atoms with van der Waals surface area (Å²) in [6.07, 6.45) is -9.88. The van der Waals surface area contributed by atoms with Crippen LogP contribution in [-0.4, -0.2) is 41.9 Å². The Morgan fingerprint density at radius 1 is 0.970 bits per heavy atom. The second kappa shape index (κ2) is 10.2. The predicted molar refractivity (Wildman–Crippen MR) is 109 cm³/mol. The number of halogens is 6. The highest BCUT2D eigenvalue weighted by atomic mass is 19.4. The number of nitrogens with one attached hydrogen (secondary N) is 1. The van der Waals surface area contributed by atoms with Gasteiger partial charge in [-0.15, -0.1) is 13.2 Å². The molecule has 33 heavy (non-hydrogen) atoms. The number of benzene rings is 2. The SMILES string of the molecule is OC(CNC1(Cc2ccc(OC(F)(F)F)cc2)CCCC(Oc2ccccc2)C1)C(F)(F)F. The zero-order valence-corrected chi connectivity index (χ0v) is 17.6. The van der Waals surface area contributed by atoms with Gasteiger partial charge in [-0.2, -0.15) is 13.2 Å². The summed E-state index contributed by atoms with van der Waals surface area (Å²) < 4.78 is 85.8. The molecule has 1 fully saturated rings. The highest BCUT2D eigenvalue weighted by Gasteiger charge is 2.42. The van der Waals surface area contributed by atoms with E-state index in [2.05, 4.69) is 10.1 Å². The number of β-amino-alcohol motifs (C(OH)–C–C–N with tert-alkyl or cyclic N) is 1. The van der Waals surface area contributed by atoms with Crippen LogP contribution < -0.4 is 14.8 Å². The van der Waals surface area contributed by atoms with Crippen LogP contribution in [0.5, 0.6) is 11.5 Å². The molecule has 1 saturated carbocycles. The molecule has 0 saturated heterocycles. The fourth-order valence-electron chi connectivity index (χ4n) is 4.11. The number of aliphatic hydroxyl groups excluding tert-OH is 1. The average molecular weight is 477 g/mol. The molecule has 2 aromatic carbocycles. The fraction of sp³-hybridized carbons (Fsp3) is 0.478. The summed E-state index contributed by atoms with van der Waals surface area (Å²) in [4.78, 5) is 0. The first kappa shape index (κ1) is 25.2. The molecule has 4 nitrogen and oxygen atoms in total. The summed E-state index contributed by atoms with van der Waals surface area (Å²) in [6, 6.07) is 14.3. The summed E-state index contributed by atoms with van der Waals surface area (Å²) >= 11 is 0. The van der Waals surface area contributed by atoms with Crippen molar-refractivity contribution in [1.29, 1.82) is 0 Å². The third-order valence-corrected chi connectivity index (χ3v) is 5.59. The average Bonchev–Trinajstić information content (AvgIpc) is 2.73. The molecule has 0 spiro atoms. The van der Waals surface area contributed by atoms with Gasteiger partial charge < -0.3 is 19.9 Å². The van der Waals surface area contributed by atoms with Crippen LogP contribution in [0.2, 0.25) is 0 Å². The number of para-hydroxylation sites is 1. The Hall–Kier alpha value is -2.46. The van der Waals surface area contributed by atoms with Gasteiger partial charge in [0.1, 0.15) is 17.6 Å². The third-order valence-electron chi connectivity index (χ3n) is 5.59. The van der Waals surface area contributed by atoms with Gasteiger partial charge in [-0.25, -0.2) is 0 Å². The predicted octanol–water partition coefficient (Wildman–Crippen LogP) is 5.40. The van der Waals surface area contributed by atoms with E-state index >= 15 is 0 Å². The van der Waals surface area contributed by atoms with Crippen molar-refractivity contribution in [2.45, 2.75) is 62.4 Å². The molecule has 182 valence electrons. The Balaban J connectivity index is 1.76. The number of aliphatic hydroxyl groups is 1. The lowest BCUT2D eigenvalue weighted by atomic mass is 9.76. The van der Waals surface area contributed by atoms with Gasteiger partial charge in [0, 0.05) is 18.5 Å². The van der Waals surface area contributed by atoms with E-state index in [0.29, 0.717) is 37.0 Å². The number of alkyl halides is 6. The first-order chi connectivity index (χ1) is 15.4. The van der Waals surface area contributed by atoms with Crippen LogP contribution in [0.25, 0.3) is 0 Å². The largest absolute Gasteiger partial charge is 0.573 e. The van der Waals surface area contributed by atoms with Gasteiger partial charge in [0.25, 0.3) is 0 Å². The molecule has 2 aromatic rings. The number of hydrogen-bond acceptors (Lipinski definition) is 4. The quantitative estimate of drug-likeness (QED) is 0.500. The van der Waals surface area contributed by atoms with E-state index in [9.17, 15) is 31.4 Å². The second-order valence-corrected chi connectivity index (χ2v) is 8.24. The fourth-order valence-corrected chi connectivity index (χ4v) is 4.11. The van der Waals surface area contributed by atoms with E-state index in [0.717, 1.165) is 0 Å². The molecule has 0 aromatic heterocycles. The lowest BCUT2D eigenvalue weighted by Crippen LogP contribution is -2.55. The molecule has 0 radical (unpaired) electrons. The maximum absolute atomic E-state index is 12.9. The van der Waals surface area contributed by atoms with Gasteiger partial charge in [0.2, 0.25) is 0 Å². The van der Waals surface area contributed by atoms with Crippen molar-refractivity contribution in [3.05, 3.63) is 60.2 Å². The first-order valence-corrected chi connectivity index (χ1v) is 10.5. The smallest absolute Gasteiger partial charge is 0.490 e. The van der Waals surface area contributed by atoms with E-state index in [4.69, 9.17) is 4.74 Å². The van der Waals surface area contributed by atoms with Gasteiger partial charge in [-0.05, 0) is 55.5 Å². The van der Waals surface area contributed by atoms with Crippen molar-refractivity contribution in [3.8, 4) is 11.5 Å². The lowest BCUT2D eigenvalue weighted by molar-refractivity contribution is -0.274. The summed E-state index contributed by atoms with van der Waals surface area (Å²) in [5.74, 6) is 0.261. The molecule has 3 atom stereocenters. The minimum absolute atomic E-state index is 0.249. The van der Waals surface area contributed by atoms with Crippen LogP contribution in [0.3, 0.4) is 0 Å². The first-order valence-electron chi connectivity index (χ1n) is 10.5. The van der Waals surface area contributed by atoms with E-state index in [1.165, 1.54) is 24.3 Å². The van der Waals surface area contributed by atoms with Crippen LogP contribution in [0.1, 0.15) is 31.2 Å². The van der Waals surface area contributed by atoms with Gasteiger partial charge in [0.05, 0.1) is 0 Å². The molecule has 3 rings (SSSR count). The van der Waals surface area contributed by atoms with Crippen molar-refractivity contribution in [2.24, 2.45) is 0 Å². The Bertz CT molecular complexity index is 873. The Morgan fingerprint density at radius 3 is 2.24 bits per heavy atom. The Labute approximate surface area is 187 Å². The maximum Gasteiger partial charge on any atom is 0.573 e. The maximum atomic E-state index is 12.9. The van der Waals surface area contributed by atoms with Crippen molar-refractivity contribution in [1.82, 2.24) is 5.32 Å². The number of ether oxygens (including phenoxy) is 2. The molecular weight excluding hydrogens is 452 g/mol. The Kier molecular flexibility index (Phi) is 7.79. The van der Waals surface area contributed by atoms with Gasteiger partial charge >= 0.3 is 12.5 Å². The molecule has 0 bridgehead atoms. The zero-order valence-electron chi connectivity index (χ0n) is 17.6. The minimum Gasteiger partial charge on any atom is -0.490 e. The number of hydrogen-bond donors (Lipinski definition) is 2. The summed E-state index contributed by atoms with van der Waals surface area (Å²) in [6.45, 7) is -0.698. The van der Waals surface area contributed by atoms with Crippen LogP contribution >= 0.6 is 0 Å². The third kappa shape index (κ3) is 7.82. The molecule has 3 unspecified atom stereocenters. The van der Waals surface area contributed by atoms with E-state index < -0.39 is 30.7 Å². The van der Waals surface area contributed by atoms with Crippen LogP contribution in [0, 0.1) is 0 Å². The monoisotopic (exact) mass is 477 g/mol. The van der Waals surface area contributed by atoms with Crippen molar-refractivity contribution in [2.75, 3.05) is 6.54 Å². The lowest BCUT2D eigenvalue weighted by Gasteiger charge is -2.42. The highest BCUT2D eigenvalue weighted by Crippen LogP contribution is 2.35. The van der Waals surface area contributed by atoms with Crippen LogP contribution in [0.15, 0.2) is 54.6 Å². The minimum atomic E-state index is -4.82. The Morgan fingerprint density at radius 2 is 1.64 bits per heavy atom. The molecular formula is C23H25F6NO3. The molecule has 1 aliphatic rings. The molecule has 0 heterocycles. The molecule has 0 amide bonds. The summed E-state index contributed by atoms with van der Waals surface area (Å²) in [5, 5.41) is 12.4.